The van der Waals surface area contributed by atoms with Crippen molar-refractivity contribution in [1.29, 1.82) is 0 Å². The van der Waals surface area contributed by atoms with Gasteiger partial charge in [0.2, 0.25) is 0 Å². The first-order valence-electron chi connectivity index (χ1n) is 7.81. The number of halogens is 1. The van der Waals surface area contributed by atoms with E-state index in [1.165, 1.54) is 0 Å². The first kappa shape index (κ1) is 18.4. The Hall–Kier alpha value is -1.95. The standard InChI is InChI=1S/C18H22BrNO4/c1-5-8-23-14-7-6-13(9-15(14)22-4)10-20-18(21)16-11(2)24-12(3)17(16)19/h6-7,9H,5,8,10H2,1-4H3,(H,20,21). The van der Waals surface area contributed by atoms with E-state index in [-0.39, 0.29) is 5.91 Å². The number of methoxy groups -OCH3 is 1. The molecule has 0 aliphatic heterocycles. The van der Waals surface area contributed by atoms with Gasteiger partial charge in [0.15, 0.2) is 11.5 Å². The molecule has 0 unspecified atom stereocenters. The fourth-order valence-electron chi connectivity index (χ4n) is 2.34. The molecule has 1 aromatic carbocycles. The molecule has 0 radical (unpaired) electrons. The summed E-state index contributed by atoms with van der Waals surface area (Å²) in [5.74, 6) is 2.47. The highest BCUT2D eigenvalue weighted by atomic mass is 79.9. The topological polar surface area (TPSA) is 60.7 Å². The predicted molar refractivity (Wildman–Crippen MR) is 95.8 cm³/mol. The first-order valence-corrected chi connectivity index (χ1v) is 8.60. The quantitative estimate of drug-likeness (QED) is 0.754. The van der Waals surface area contributed by atoms with Gasteiger partial charge in [0.1, 0.15) is 11.5 Å². The molecule has 0 bridgehead atoms. The molecule has 1 heterocycles. The van der Waals surface area contributed by atoms with Crippen LogP contribution < -0.4 is 14.8 Å². The van der Waals surface area contributed by atoms with E-state index < -0.39 is 0 Å². The lowest BCUT2D eigenvalue weighted by Gasteiger charge is -2.12. The zero-order valence-electron chi connectivity index (χ0n) is 14.4. The number of rotatable bonds is 7. The molecule has 1 aromatic heterocycles. The molecule has 0 aliphatic carbocycles. The molecule has 24 heavy (non-hydrogen) atoms. The summed E-state index contributed by atoms with van der Waals surface area (Å²) in [7, 11) is 1.60. The third-order valence-electron chi connectivity index (χ3n) is 3.56. The molecular weight excluding hydrogens is 374 g/mol. The van der Waals surface area contributed by atoms with Gasteiger partial charge in [-0.3, -0.25) is 4.79 Å². The van der Waals surface area contributed by atoms with Crippen LogP contribution in [0.1, 0.15) is 40.8 Å². The minimum Gasteiger partial charge on any atom is -0.493 e. The van der Waals surface area contributed by atoms with Gasteiger partial charge in [0, 0.05) is 6.54 Å². The second-order valence-corrected chi connectivity index (χ2v) is 6.21. The van der Waals surface area contributed by atoms with E-state index in [9.17, 15) is 4.79 Å². The van der Waals surface area contributed by atoms with Crippen LogP contribution in [0.3, 0.4) is 0 Å². The number of ether oxygens (including phenoxy) is 2. The van der Waals surface area contributed by atoms with Gasteiger partial charge >= 0.3 is 0 Å². The van der Waals surface area contributed by atoms with Gasteiger partial charge in [0.25, 0.3) is 5.91 Å². The van der Waals surface area contributed by atoms with Gasteiger partial charge in [-0.2, -0.15) is 0 Å². The summed E-state index contributed by atoms with van der Waals surface area (Å²) in [6.45, 7) is 6.66. The third-order valence-corrected chi connectivity index (χ3v) is 4.51. The maximum atomic E-state index is 12.4. The summed E-state index contributed by atoms with van der Waals surface area (Å²) in [4.78, 5) is 12.4. The molecule has 0 saturated carbocycles. The number of carbonyl (C=O) groups is 1. The van der Waals surface area contributed by atoms with E-state index in [2.05, 4.69) is 21.2 Å². The monoisotopic (exact) mass is 395 g/mol. The normalized spacial score (nSPS) is 10.5. The van der Waals surface area contributed by atoms with Crippen molar-refractivity contribution in [2.45, 2.75) is 33.7 Å². The SMILES string of the molecule is CCCOc1ccc(CNC(=O)c2c(C)oc(C)c2Br)cc1OC. The zero-order chi connectivity index (χ0) is 17.7. The Bertz CT molecular complexity index is 724. The molecule has 130 valence electrons. The maximum absolute atomic E-state index is 12.4. The van der Waals surface area contributed by atoms with Crippen LogP contribution in [0.5, 0.6) is 11.5 Å². The highest BCUT2D eigenvalue weighted by Gasteiger charge is 2.19. The zero-order valence-corrected chi connectivity index (χ0v) is 16.0. The van der Waals surface area contributed by atoms with Gasteiger partial charge in [-0.1, -0.05) is 13.0 Å². The summed E-state index contributed by atoms with van der Waals surface area (Å²) in [6.07, 6.45) is 0.930. The Morgan fingerprint density at radius 2 is 2.00 bits per heavy atom. The fourth-order valence-corrected chi connectivity index (χ4v) is 2.88. The smallest absolute Gasteiger partial charge is 0.256 e. The molecular formula is C18H22BrNO4. The molecule has 6 heteroatoms. The van der Waals surface area contributed by atoms with Crippen molar-refractivity contribution >= 4 is 21.8 Å². The van der Waals surface area contributed by atoms with Crippen molar-refractivity contribution in [2.24, 2.45) is 0 Å². The molecule has 5 nitrogen and oxygen atoms in total. The summed E-state index contributed by atoms with van der Waals surface area (Å²) in [5, 5.41) is 2.90. The second kappa shape index (κ2) is 8.24. The van der Waals surface area contributed by atoms with Crippen molar-refractivity contribution in [3.8, 4) is 11.5 Å². The van der Waals surface area contributed by atoms with Crippen molar-refractivity contribution in [1.82, 2.24) is 5.32 Å². The minimum atomic E-state index is -0.179. The number of carbonyl (C=O) groups excluding carboxylic acids is 1. The second-order valence-electron chi connectivity index (χ2n) is 5.42. The lowest BCUT2D eigenvalue weighted by Crippen LogP contribution is -2.23. The highest BCUT2D eigenvalue weighted by molar-refractivity contribution is 9.10. The fraction of sp³-hybridized carbons (Fsp3) is 0.389. The van der Waals surface area contributed by atoms with Crippen LogP contribution in [0.4, 0.5) is 0 Å². The van der Waals surface area contributed by atoms with Gasteiger partial charge < -0.3 is 19.2 Å². The Labute approximate surface area is 150 Å². The van der Waals surface area contributed by atoms with Gasteiger partial charge in [-0.15, -0.1) is 0 Å². The van der Waals surface area contributed by atoms with Crippen molar-refractivity contribution < 1.29 is 18.7 Å². The number of amides is 1. The Kier molecular flexibility index (Phi) is 6.31. The lowest BCUT2D eigenvalue weighted by molar-refractivity contribution is 0.0948. The Balaban J connectivity index is 2.07. The minimum absolute atomic E-state index is 0.179. The van der Waals surface area contributed by atoms with Crippen LogP contribution in [-0.2, 0) is 6.54 Å². The lowest BCUT2D eigenvalue weighted by atomic mass is 10.2. The molecule has 0 fully saturated rings. The molecule has 0 aliphatic rings. The molecule has 2 rings (SSSR count). The summed E-state index contributed by atoms with van der Waals surface area (Å²) < 4.78 is 17.1. The van der Waals surface area contributed by atoms with Gasteiger partial charge in [-0.05, 0) is 53.9 Å². The largest absolute Gasteiger partial charge is 0.493 e. The van der Waals surface area contributed by atoms with Crippen LogP contribution >= 0.6 is 15.9 Å². The van der Waals surface area contributed by atoms with E-state index in [1.807, 2.05) is 32.0 Å². The van der Waals surface area contributed by atoms with E-state index in [0.717, 1.165) is 12.0 Å². The Morgan fingerprint density at radius 1 is 1.25 bits per heavy atom. The number of hydrogen-bond acceptors (Lipinski definition) is 4. The number of furan rings is 1. The van der Waals surface area contributed by atoms with Crippen molar-refractivity contribution in [3.05, 3.63) is 45.3 Å². The number of aryl methyl sites for hydroxylation is 2. The van der Waals surface area contributed by atoms with E-state index in [4.69, 9.17) is 13.9 Å². The third kappa shape index (κ3) is 4.12. The van der Waals surface area contributed by atoms with Crippen LogP contribution in [0.2, 0.25) is 0 Å². The van der Waals surface area contributed by atoms with Crippen LogP contribution in [0, 0.1) is 13.8 Å². The molecule has 1 amide bonds. The number of benzene rings is 1. The van der Waals surface area contributed by atoms with E-state index in [0.29, 0.717) is 46.2 Å². The highest BCUT2D eigenvalue weighted by Crippen LogP contribution is 2.29. The Morgan fingerprint density at radius 3 is 2.58 bits per heavy atom. The van der Waals surface area contributed by atoms with E-state index >= 15 is 0 Å². The van der Waals surface area contributed by atoms with Crippen LogP contribution in [0.25, 0.3) is 0 Å². The van der Waals surface area contributed by atoms with Crippen LogP contribution in [0.15, 0.2) is 27.1 Å². The summed E-state index contributed by atoms with van der Waals surface area (Å²) in [5.41, 5.74) is 1.46. The van der Waals surface area contributed by atoms with E-state index in [1.54, 1.807) is 14.0 Å². The molecule has 0 atom stereocenters. The van der Waals surface area contributed by atoms with Gasteiger partial charge in [0.05, 0.1) is 23.8 Å². The number of hydrogen-bond donors (Lipinski definition) is 1. The molecule has 1 N–H and O–H groups in total. The summed E-state index contributed by atoms with van der Waals surface area (Å²) in [6, 6.07) is 5.64. The summed E-state index contributed by atoms with van der Waals surface area (Å²) >= 11 is 3.39. The first-order chi connectivity index (χ1) is 11.5. The maximum Gasteiger partial charge on any atom is 0.256 e. The molecule has 2 aromatic rings. The molecule has 0 spiro atoms. The average Bonchev–Trinajstić information content (AvgIpc) is 2.83. The van der Waals surface area contributed by atoms with Crippen molar-refractivity contribution in [2.75, 3.05) is 13.7 Å². The predicted octanol–water partition coefficient (Wildman–Crippen LogP) is 4.39. The number of nitrogens with one attached hydrogen (secondary N) is 1. The molecule has 0 saturated heterocycles. The van der Waals surface area contributed by atoms with Crippen molar-refractivity contribution in [3.63, 3.8) is 0 Å². The average molecular weight is 396 g/mol. The van der Waals surface area contributed by atoms with Gasteiger partial charge in [-0.25, -0.2) is 0 Å². The van der Waals surface area contributed by atoms with Crippen LogP contribution in [-0.4, -0.2) is 19.6 Å².